The fraction of sp³-hybridized carbons (Fsp3) is 1.00. The number of hydrogen-bond donors (Lipinski definition) is 1. The van der Waals surface area contributed by atoms with E-state index in [0.29, 0.717) is 18.1 Å². The van der Waals surface area contributed by atoms with Crippen molar-refractivity contribution in [3.05, 3.63) is 0 Å². The Morgan fingerprint density at radius 3 is 2.00 bits per heavy atom. The molecule has 1 aliphatic rings. The molecule has 1 saturated heterocycles. The van der Waals surface area contributed by atoms with Gasteiger partial charge in [0.1, 0.15) is 0 Å². The molecule has 2 heteroatoms. The Morgan fingerprint density at radius 1 is 1.33 bits per heavy atom. The van der Waals surface area contributed by atoms with Crippen LogP contribution in [-0.4, -0.2) is 23.1 Å². The van der Waals surface area contributed by atoms with Crippen molar-refractivity contribution in [2.24, 2.45) is 0 Å². The summed E-state index contributed by atoms with van der Waals surface area (Å²) in [5.41, 5.74) is 3.33. The first-order chi connectivity index (χ1) is 4.13. The lowest BCUT2D eigenvalue weighted by molar-refractivity contribution is -0.0398. The van der Waals surface area contributed by atoms with Crippen molar-refractivity contribution >= 4 is 0 Å². The second-order valence-corrected chi connectivity index (χ2v) is 3.16. The van der Waals surface area contributed by atoms with Crippen LogP contribution in [0.25, 0.3) is 0 Å². The summed E-state index contributed by atoms with van der Waals surface area (Å²) in [7, 11) is 0. The van der Waals surface area contributed by atoms with Crippen LogP contribution in [0.5, 0.6) is 0 Å². The van der Waals surface area contributed by atoms with E-state index in [0.717, 1.165) is 0 Å². The van der Waals surface area contributed by atoms with Gasteiger partial charge in [-0.15, -0.1) is 0 Å². The molecule has 1 heterocycles. The highest BCUT2D eigenvalue weighted by Crippen LogP contribution is 2.15. The van der Waals surface area contributed by atoms with Crippen molar-refractivity contribution < 1.29 is 0 Å². The van der Waals surface area contributed by atoms with E-state index in [9.17, 15) is 0 Å². The van der Waals surface area contributed by atoms with Crippen molar-refractivity contribution in [3.8, 4) is 0 Å². The summed E-state index contributed by atoms with van der Waals surface area (Å²) >= 11 is 0. The number of hydrazine groups is 1. The van der Waals surface area contributed by atoms with Crippen LogP contribution < -0.4 is 5.43 Å². The Hall–Kier alpha value is -0.0800. The molecular formula is C7H16N2. The zero-order valence-corrected chi connectivity index (χ0v) is 6.68. The highest BCUT2D eigenvalue weighted by Gasteiger charge is 2.32. The second kappa shape index (κ2) is 2.27. The monoisotopic (exact) mass is 128 g/mol. The molecule has 2 atom stereocenters. The van der Waals surface area contributed by atoms with Gasteiger partial charge in [-0.05, 0) is 27.7 Å². The van der Waals surface area contributed by atoms with Crippen LogP contribution in [0, 0.1) is 0 Å². The molecule has 54 valence electrons. The van der Waals surface area contributed by atoms with Gasteiger partial charge in [0.25, 0.3) is 0 Å². The van der Waals surface area contributed by atoms with Gasteiger partial charge in [0.2, 0.25) is 0 Å². The molecular weight excluding hydrogens is 112 g/mol. The average molecular weight is 128 g/mol. The lowest BCUT2D eigenvalue weighted by Gasteiger charge is -2.48. The van der Waals surface area contributed by atoms with Gasteiger partial charge in [-0.2, -0.15) is 0 Å². The summed E-state index contributed by atoms with van der Waals surface area (Å²) in [5.74, 6) is 0. The molecule has 0 amide bonds. The summed E-state index contributed by atoms with van der Waals surface area (Å²) < 4.78 is 0. The van der Waals surface area contributed by atoms with Crippen LogP contribution >= 0.6 is 0 Å². The van der Waals surface area contributed by atoms with Crippen molar-refractivity contribution in [1.82, 2.24) is 10.4 Å². The highest BCUT2D eigenvalue weighted by atomic mass is 15.6. The summed E-state index contributed by atoms with van der Waals surface area (Å²) in [5, 5.41) is 2.28. The predicted molar refractivity (Wildman–Crippen MR) is 39.0 cm³/mol. The molecule has 0 bridgehead atoms. The summed E-state index contributed by atoms with van der Waals surface area (Å²) in [4.78, 5) is 0. The van der Waals surface area contributed by atoms with Gasteiger partial charge in [-0.1, -0.05) is 0 Å². The Bertz CT molecular complexity index is 101. The van der Waals surface area contributed by atoms with Crippen LogP contribution in [-0.2, 0) is 0 Å². The lowest BCUT2D eigenvalue weighted by Crippen LogP contribution is -2.68. The first-order valence-corrected chi connectivity index (χ1v) is 3.67. The molecule has 0 radical (unpaired) electrons. The second-order valence-electron chi connectivity index (χ2n) is 3.16. The molecule has 1 aliphatic heterocycles. The molecule has 1 fully saturated rings. The summed E-state index contributed by atoms with van der Waals surface area (Å²) in [6.07, 6.45) is 0. The fourth-order valence-electron chi connectivity index (χ4n) is 1.24. The van der Waals surface area contributed by atoms with E-state index in [1.807, 2.05) is 0 Å². The summed E-state index contributed by atoms with van der Waals surface area (Å²) in [6.45, 7) is 8.87. The van der Waals surface area contributed by atoms with Gasteiger partial charge in [-0.3, -0.25) is 5.43 Å². The van der Waals surface area contributed by atoms with Gasteiger partial charge in [-0.25, -0.2) is 5.01 Å². The van der Waals surface area contributed by atoms with Gasteiger partial charge in [0.15, 0.2) is 0 Å². The highest BCUT2D eigenvalue weighted by molar-refractivity contribution is 4.86. The number of rotatable bonds is 1. The molecule has 1 N–H and O–H groups in total. The maximum atomic E-state index is 3.33. The van der Waals surface area contributed by atoms with E-state index >= 15 is 0 Å². The largest absolute Gasteiger partial charge is 0.250 e. The van der Waals surface area contributed by atoms with Crippen LogP contribution in [0.4, 0.5) is 0 Å². The Kier molecular flexibility index (Phi) is 1.78. The lowest BCUT2D eigenvalue weighted by atomic mass is 10.1. The van der Waals surface area contributed by atoms with Gasteiger partial charge in [0, 0.05) is 18.1 Å². The van der Waals surface area contributed by atoms with Gasteiger partial charge < -0.3 is 0 Å². The third kappa shape index (κ3) is 1.10. The fourth-order valence-corrected chi connectivity index (χ4v) is 1.24. The molecule has 1 rings (SSSR count). The summed E-state index contributed by atoms with van der Waals surface area (Å²) in [6, 6.07) is 2.02. The Balaban J connectivity index is 2.33. The third-order valence-corrected chi connectivity index (χ3v) is 2.07. The van der Waals surface area contributed by atoms with Gasteiger partial charge >= 0.3 is 0 Å². The third-order valence-electron chi connectivity index (χ3n) is 2.07. The maximum Gasteiger partial charge on any atom is 0.0382 e. The SMILES string of the molecule is CC1NN(C(C)C)C1C. The molecule has 2 unspecified atom stereocenters. The van der Waals surface area contributed by atoms with E-state index in [1.165, 1.54) is 0 Å². The van der Waals surface area contributed by atoms with E-state index in [-0.39, 0.29) is 0 Å². The normalized spacial score (nSPS) is 37.0. The molecule has 0 aromatic heterocycles. The first kappa shape index (κ1) is 7.03. The molecule has 0 aromatic rings. The van der Waals surface area contributed by atoms with E-state index < -0.39 is 0 Å². The molecule has 0 spiro atoms. The maximum absolute atomic E-state index is 3.33. The van der Waals surface area contributed by atoms with Gasteiger partial charge in [0.05, 0.1) is 0 Å². The minimum absolute atomic E-state index is 0.635. The molecule has 0 saturated carbocycles. The smallest absolute Gasteiger partial charge is 0.0382 e. The van der Waals surface area contributed by atoms with Crippen LogP contribution in [0.3, 0.4) is 0 Å². The Morgan fingerprint density at radius 2 is 1.89 bits per heavy atom. The number of hydrogen-bond acceptors (Lipinski definition) is 2. The molecule has 9 heavy (non-hydrogen) atoms. The average Bonchev–Trinajstić information content (AvgIpc) is 1.81. The van der Waals surface area contributed by atoms with E-state index in [1.54, 1.807) is 0 Å². The van der Waals surface area contributed by atoms with Crippen LogP contribution in [0.1, 0.15) is 27.7 Å². The van der Waals surface area contributed by atoms with Crippen molar-refractivity contribution in [2.75, 3.05) is 0 Å². The topological polar surface area (TPSA) is 15.3 Å². The van der Waals surface area contributed by atoms with E-state index in [2.05, 4.69) is 38.1 Å². The first-order valence-electron chi connectivity index (χ1n) is 3.67. The quantitative estimate of drug-likeness (QED) is 0.566. The zero-order valence-electron chi connectivity index (χ0n) is 6.68. The zero-order chi connectivity index (χ0) is 7.02. The van der Waals surface area contributed by atoms with Crippen molar-refractivity contribution in [1.29, 1.82) is 0 Å². The Labute approximate surface area is 57.2 Å². The molecule has 2 nitrogen and oxygen atoms in total. The van der Waals surface area contributed by atoms with Crippen molar-refractivity contribution in [3.63, 3.8) is 0 Å². The van der Waals surface area contributed by atoms with Crippen LogP contribution in [0.15, 0.2) is 0 Å². The number of nitrogens with zero attached hydrogens (tertiary/aromatic N) is 1. The minimum Gasteiger partial charge on any atom is -0.250 e. The standard InChI is InChI=1S/C7H16N2/c1-5(2)9-7(4)6(3)8-9/h5-8H,1-4H3. The van der Waals surface area contributed by atoms with Crippen LogP contribution in [0.2, 0.25) is 0 Å². The molecule has 0 aromatic carbocycles. The number of nitrogens with one attached hydrogen (secondary N) is 1. The van der Waals surface area contributed by atoms with Crippen molar-refractivity contribution in [2.45, 2.75) is 45.8 Å². The predicted octanol–water partition coefficient (Wildman–Crippen LogP) is 0.992. The molecule has 0 aliphatic carbocycles. The van der Waals surface area contributed by atoms with E-state index in [4.69, 9.17) is 0 Å². The minimum atomic E-state index is 0.635.